The van der Waals surface area contributed by atoms with Crippen LogP contribution in [0.25, 0.3) is 10.9 Å². The number of rotatable bonds is 9. The van der Waals surface area contributed by atoms with Crippen molar-refractivity contribution in [3.63, 3.8) is 0 Å². The van der Waals surface area contributed by atoms with E-state index in [1.165, 1.54) is 19.3 Å². The van der Waals surface area contributed by atoms with Crippen molar-refractivity contribution in [3.8, 4) is 0 Å². The van der Waals surface area contributed by atoms with Gasteiger partial charge < -0.3 is 4.98 Å². The summed E-state index contributed by atoms with van der Waals surface area (Å²) in [7, 11) is -3.29. The highest BCUT2D eigenvalue weighted by Crippen LogP contribution is 2.28. The summed E-state index contributed by atoms with van der Waals surface area (Å²) in [6.45, 7) is 6.23. The van der Waals surface area contributed by atoms with Crippen LogP contribution in [0.5, 0.6) is 0 Å². The highest BCUT2D eigenvalue weighted by Gasteiger charge is 2.14. The molecule has 2 N–H and O–H groups in total. The van der Waals surface area contributed by atoms with E-state index in [2.05, 4.69) is 16.6 Å². The number of hydrogen-bond acceptors (Lipinski definition) is 2. The van der Waals surface area contributed by atoms with Gasteiger partial charge in [-0.2, -0.15) is 0 Å². The number of para-hydroxylation sites is 1. The van der Waals surface area contributed by atoms with E-state index in [9.17, 15) is 8.42 Å². The first-order chi connectivity index (χ1) is 10.9. The lowest BCUT2D eigenvalue weighted by Crippen LogP contribution is -2.16. The number of anilines is 1. The van der Waals surface area contributed by atoms with Gasteiger partial charge in [-0.1, -0.05) is 51.2 Å². The minimum Gasteiger partial charge on any atom is -0.357 e. The molecule has 0 aliphatic carbocycles. The molecule has 0 atom stereocenters. The Morgan fingerprint density at radius 2 is 1.74 bits per heavy atom. The zero-order valence-corrected chi connectivity index (χ0v) is 15.2. The molecule has 5 heteroatoms. The number of sulfonamides is 1. The minimum atomic E-state index is -3.29. The molecule has 0 fully saturated rings. The summed E-state index contributed by atoms with van der Waals surface area (Å²) in [6.07, 6.45) is 6.46. The van der Waals surface area contributed by atoms with Gasteiger partial charge in [0.1, 0.15) is 0 Å². The molecule has 1 heterocycles. The molecule has 2 rings (SSSR count). The third kappa shape index (κ3) is 4.74. The van der Waals surface area contributed by atoms with E-state index in [0.29, 0.717) is 5.69 Å². The molecular weight excluding hydrogens is 308 g/mol. The van der Waals surface area contributed by atoms with Crippen molar-refractivity contribution < 1.29 is 8.42 Å². The van der Waals surface area contributed by atoms with E-state index < -0.39 is 10.0 Å². The maximum atomic E-state index is 12.3. The number of aromatic nitrogens is 1. The zero-order chi connectivity index (χ0) is 16.9. The van der Waals surface area contributed by atoms with E-state index >= 15 is 0 Å². The maximum Gasteiger partial charge on any atom is 0.232 e. The Morgan fingerprint density at radius 3 is 2.48 bits per heavy atom. The molecule has 2 aromatic rings. The summed E-state index contributed by atoms with van der Waals surface area (Å²) in [5.74, 6) is 0.189. The van der Waals surface area contributed by atoms with Gasteiger partial charge in [-0.25, -0.2) is 8.42 Å². The Kier molecular flexibility index (Phi) is 6.10. The number of hydrogen-bond donors (Lipinski definition) is 2. The van der Waals surface area contributed by atoms with Gasteiger partial charge in [0.05, 0.1) is 17.0 Å². The second kappa shape index (κ2) is 7.86. The van der Waals surface area contributed by atoms with E-state index in [1.807, 2.05) is 32.0 Å². The molecule has 0 aliphatic heterocycles. The lowest BCUT2D eigenvalue weighted by Gasteiger charge is -2.09. The van der Waals surface area contributed by atoms with Crippen LogP contribution in [0, 0.1) is 13.8 Å². The molecule has 4 nitrogen and oxygen atoms in total. The van der Waals surface area contributed by atoms with Crippen LogP contribution in [0.1, 0.15) is 56.7 Å². The van der Waals surface area contributed by atoms with Gasteiger partial charge in [0.15, 0.2) is 0 Å². The van der Waals surface area contributed by atoms with Gasteiger partial charge in [0.2, 0.25) is 10.0 Å². The van der Waals surface area contributed by atoms with E-state index in [1.54, 1.807) is 0 Å². The summed E-state index contributed by atoms with van der Waals surface area (Å²) >= 11 is 0. The summed E-state index contributed by atoms with van der Waals surface area (Å²) in [5, 5.41) is 1.07. The molecule has 0 saturated heterocycles. The van der Waals surface area contributed by atoms with Crippen molar-refractivity contribution in [3.05, 3.63) is 29.5 Å². The predicted octanol–water partition coefficient (Wildman–Crippen LogP) is 4.89. The van der Waals surface area contributed by atoms with Gasteiger partial charge in [0, 0.05) is 11.1 Å². The standard InChI is InChI=1S/C18H28N2O2S/c1-4-5-6-7-8-9-13-23(21,22)20-17-12-10-11-16-14(2)15(3)19-18(16)17/h10-12,19-20H,4-9,13H2,1-3H3. The first-order valence-corrected chi connectivity index (χ1v) is 10.2. The zero-order valence-electron chi connectivity index (χ0n) is 14.4. The number of aryl methyl sites for hydroxylation is 2. The van der Waals surface area contributed by atoms with Crippen LogP contribution in [-0.2, 0) is 10.0 Å². The summed E-state index contributed by atoms with van der Waals surface area (Å²) in [4.78, 5) is 3.28. The average Bonchev–Trinajstić information content (AvgIpc) is 2.79. The molecule has 1 aromatic carbocycles. The fraction of sp³-hybridized carbons (Fsp3) is 0.556. The number of benzene rings is 1. The predicted molar refractivity (Wildman–Crippen MR) is 98.6 cm³/mol. The average molecular weight is 337 g/mol. The molecular formula is C18H28N2O2S. The molecule has 0 unspecified atom stereocenters. The molecule has 128 valence electrons. The highest BCUT2D eigenvalue weighted by molar-refractivity contribution is 7.92. The largest absolute Gasteiger partial charge is 0.357 e. The molecule has 23 heavy (non-hydrogen) atoms. The molecule has 0 bridgehead atoms. The van der Waals surface area contributed by atoms with E-state index in [-0.39, 0.29) is 5.75 Å². The minimum absolute atomic E-state index is 0.189. The smallest absolute Gasteiger partial charge is 0.232 e. The third-order valence-corrected chi connectivity index (χ3v) is 5.73. The van der Waals surface area contributed by atoms with Crippen LogP contribution in [-0.4, -0.2) is 19.2 Å². The second-order valence-electron chi connectivity index (χ2n) is 6.29. The van der Waals surface area contributed by atoms with Crippen LogP contribution in [0.3, 0.4) is 0 Å². The topological polar surface area (TPSA) is 62.0 Å². The molecule has 0 spiro atoms. The monoisotopic (exact) mass is 336 g/mol. The molecule has 1 aromatic heterocycles. The fourth-order valence-corrected chi connectivity index (χ4v) is 4.05. The highest BCUT2D eigenvalue weighted by atomic mass is 32.2. The van der Waals surface area contributed by atoms with Gasteiger partial charge in [0.25, 0.3) is 0 Å². The number of nitrogens with one attached hydrogen (secondary N) is 2. The first kappa shape index (κ1) is 17.9. The van der Waals surface area contributed by atoms with Crippen molar-refractivity contribution in [2.45, 2.75) is 59.3 Å². The van der Waals surface area contributed by atoms with Crippen LogP contribution in [0.2, 0.25) is 0 Å². The van der Waals surface area contributed by atoms with E-state index in [4.69, 9.17) is 0 Å². The summed E-state index contributed by atoms with van der Waals surface area (Å²) in [6, 6.07) is 5.72. The van der Waals surface area contributed by atoms with Gasteiger partial charge >= 0.3 is 0 Å². The third-order valence-electron chi connectivity index (χ3n) is 4.38. The van der Waals surface area contributed by atoms with Crippen LogP contribution < -0.4 is 4.72 Å². The Morgan fingerprint density at radius 1 is 1.04 bits per heavy atom. The molecule has 0 aliphatic rings. The number of H-pyrrole nitrogens is 1. The quantitative estimate of drug-likeness (QED) is 0.641. The summed E-state index contributed by atoms with van der Waals surface area (Å²) < 4.78 is 27.3. The van der Waals surface area contributed by atoms with Crippen LogP contribution in [0.15, 0.2) is 18.2 Å². The van der Waals surface area contributed by atoms with Crippen molar-refractivity contribution in [2.75, 3.05) is 10.5 Å². The molecule has 0 amide bonds. The van der Waals surface area contributed by atoms with Crippen LogP contribution in [0.4, 0.5) is 5.69 Å². The summed E-state index contributed by atoms with van der Waals surface area (Å²) in [5.41, 5.74) is 3.75. The van der Waals surface area contributed by atoms with Gasteiger partial charge in [-0.15, -0.1) is 0 Å². The Balaban J connectivity index is 1.99. The lowest BCUT2D eigenvalue weighted by atomic mass is 10.1. The Bertz CT molecular complexity index is 748. The Labute approximate surface area is 139 Å². The number of aromatic amines is 1. The van der Waals surface area contributed by atoms with Crippen LogP contribution >= 0.6 is 0 Å². The van der Waals surface area contributed by atoms with Crippen molar-refractivity contribution in [2.24, 2.45) is 0 Å². The fourth-order valence-electron chi connectivity index (χ4n) is 2.86. The van der Waals surface area contributed by atoms with Crippen molar-refractivity contribution >= 4 is 26.6 Å². The van der Waals surface area contributed by atoms with Crippen molar-refractivity contribution in [1.29, 1.82) is 0 Å². The maximum absolute atomic E-state index is 12.3. The number of fused-ring (bicyclic) bond motifs is 1. The lowest BCUT2D eigenvalue weighted by molar-refractivity contribution is 0.588. The number of unbranched alkanes of at least 4 members (excludes halogenated alkanes) is 5. The van der Waals surface area contributed by atoms with Crippen molar-refractivity contribution in [1.82, 2.24) is 4.98 Å². The normalized spacial score (nSPS) is 12.0. The SMILES string of the molecule is CCCCCCCCS(=O)(=O)Nc1cccc2c(C)c(C)[nH]c12. The Hall–Kier alpha value is -1.49. The first-order valence-electron chi connectivity index (χ1n) is 8.53. The van der Waals surface area contributed by atoms with E-state index in [0.717, 1.165) is 41.4 Å². The van der Waals surface area contributed by atoms with Gasteiger partial charge in [-0.05, 0) is 31.9 Å². The van der Waals surface area contributed by atoms with Gasteiger partial charge in [-0.3, -0.25) is 4.72 Å². The molecule has 0 radical (unpaired) electrons. The second-order valence-corrected chi connectivity index (χ2v) is 8.13. The molecule has 0 saturated carbocycles.